The standard InChI is InChI=1S/C17H16F4N4O/c1-9-2-3-11(22-8-9)23-17(26)10-4-6-25(7-5-10)14-12(18)15(20)24-16(21)13(14)19/h2-3,8,10H,4-7H2,1H3,(H,22,23,26). The molecule has 0 atom stereocenters. The van der Waals surface area contributed by atoms with Crippen molar-refractivity contribution in [3.05, 3.63) is 47.4 Å². The summed E-state index contributed by atoms with van der Waals surface area (Å²) in [4.78, 5) is 20.1. The van der Waals surface area contributed by atoms with Crippen LogP contribution in [0.4, 0.5) is 29.1 Å². The van der Waals surface area contributed by atoms with Crippen molar-refractivity contribution < 1.29 is 22.4 Å². The molecule has 5 nitrogen and oxygen atoms in total. The molecule has 9 heteroatoms. The number of anilines is 2. The Balaban J connectivity index is 1.66. The lowest BCUT2D eigenvalue weighted by molar-refractivity contribution is -0.120. The van der Waals surface area contributed by atoms with Gasteiger partial charge in [0.1, 0.15) is 11.5 Å². The topological polar surface area (TPSA) is 58.1 Å². The number of amides is 1. The van der Waals surface area contributed by atoms with Crippen molar-refractivity contribution in [2.45, 2.75) is 19.8 Å². The first-order chi connectivity index (χ1) is 12.4. The molecule has 138 valence electrons. The highest BCUT2D eigenvalue weighted by Crippen LogP contribution is 2.30. The fraction of sp³-hybridized carbons (Fsp3) is 0.353. The number of hydrogen-bond acceptors (Lipinski definition) is 4. The first kappa shape index (κ1) is 18.1. The van der Waals surface area contributed by atoms with E-state index in [1.165, 1.54) is 4.90 Å². The van der Waals surface area contributed by atoms with Gasteiger partial charge in [-0.05, 0) is 31.4 Å². The molecule has 26 heavy (non-hydrogen) atoms. The number of carbonyl (C=O) groups excluding carboxylic acids is 1. The molecule has 1 fully saturated rings. The van der Waals surface area contributed by atoms with Crippen LogP contribution in [-0.4, -0.2) is 29.0 Å². The van der Waals surface area contributed by atoms with E-state index in [0.29, 0.717) is 5.82 Å². The normalized spacial score (nSPS) is 15.2. The van der Waals surface area contributed by atoms with Gasteiger partial charge in [0.15, 0.2) is 0 Å². The molecule has 0 saturated carbocycles. The lowest BCUT2D eigenvalue weighted by Gasteiger charge is -2.33. The van der Waals surface area contributed by atoms with E-state index in [9.17, 15) is 22.4 Å². The molecule has 1 saturated heterocycles. The predicted octanol–water partition coefficient (Wildman–Crippen LogP) is 3.20. The molecule has 1 aliphatic heterocycles. The van der Waals surface area contributed by atoms with E-state index in [0.717, 1.165) is 5.56 Å². The van der Waals surface area contributed by atoms with Gasteiger partial charge in [-0.3, -0.25) is 4.79 Å². The second-order valence-corrected chi connectivity index (χ2v) is 6.14. The number of halogens is 4. The van der Waals surface area contributed by atoms with Gasteiger partial charge in [-0.2, -0.15) is 22.5 Å². The summed E-state index contributed by atoms with van der Waals surface area (Å²) in [5.74, 6) is -6.68. The van der Waals surface area contributed by atoms with Gasteiger partial charge in [0.25, 0.3) is 11.9 Å². The first-order valence-corrected chi connectivity index (χ1v) is 8.05. The largest absolute Gasteiger partial charge is 0.366 e. The average molecular weight is 368 g/mol. The Kier molecular flexibility index (Phi) is 5.06. The fourth-order valence-corrected chi connectivity index (χ4v) is 2.89. The molecule has 0 bridgehead atoms. The highest BCUT2D eigenvalue weighted by molar-refractivity contribution is 5.91. The van der Waals surface area contributed by atoms with Crippen LogP contribution in [0.2, 0.25) is 0 Å². The summed E-state index contributed by atoms with van der Waals surface area (Å²) in [5, 5.41) is 2.69. The number of rotatable bonds is 3. The zero-order valence-corrected chi connectivity index (χ0v) is 13.9. The Hall–Kier alpha value is -2.71. The second kappa shape index (κ2) is 7.27. The van der Waals surface area contributed by atoms with E-state index in [2.05, 4.69) is 15.3 Å². The molecular weight excluding hydrogens is 352 g/mol. The SMILES string of the molecule is Cc1ccc(NC(=O)C2CCN(c3c(F)c(F)nc(F)c3F)CC2)nc1. The smallest absolute Gasteiger partial charge is 0.253 e. The summed E-state index contributed by atoms with van der Waals surface area (Å²) in [6.45, 7) is 2.03. The van der Waals surface area contributed by atoms with Gasteiger partial charge < -0.3 is 10.2 Å². The number of carbonyl (C=O) groups is 1. The third-order valence-corrected chi connectivity index (χ3v) is 4.32. The Morgan fingerprint density at radius 2 is 1.73 bits per heavy atom. The number of pyridine rings is 2. The summed E-state index contributed by atoms with van der Waals surface area (Å²) >= 11 is 0. The molecule has 0 aromatic carbocycles. The van der Waals surface area contributed by atoms with Gasteiger partial charge in [-0.15, -0.1) is 0 Å². The van der Waals surface area contributed by atoms with E-state index in [-0.39, 0.29) is 31.8 Å². The van der Waals surface area contributed by atoms with Crippen molar-refractivity contribution in [1.29, 1.82) is 0 Å². The molecule has 2 aromatic rings. The Morgan fingerprint density at radius 3 is 2.27 bits per heavy atom. The van der Waals surface area contributed by atoms with Crippen molar-refractivity contribution >= 4 is 17.4 Å². The van der Waals surface area contributed by atoms with Gasteiger partial charge in [0.2, 0.25) is 17.5 Å². The van der Waals surface area contributed by atoms with E-state index >= 15 is 0 Å². The van der Waals surface area contributed by atoms with Crippen LogP contribution in [0.25, 0.3) is 0 Å². The summed E-state index contributed by atoms with van der Waals surface area (Å²) in [5.41, 5.74) is 0.172. The summed E-state index contributed by atoms with van der Waals surface area (Å²) in [7, 11) is 0. The number of nitrogens with one attached hydrogen (secondary N) is 1. The summed E-state index contributed by atoms with van der Waals surface area (Å²) in [6.07, 6.45) is 2.18. The lowest BCUT2D eigenvalue weighted by Crippen LogP contribution is -2.39. The molecule has 1 amide bonds. The van der Waals surface area contributed by atoms with Crippen LogP contribution in [-0.2, 0) is 4.79 Å². The quantitative estimate of drug-likeness (QED) is 0.668. The number of aryl methyl sites for hydroxylation is 1. The third kappa shape index (κ3) is 3.61. The monoisotopic (exact) mass is 368 g/mol. The summed E-state index contributed by atoms with van der Waals surface area (Å²) in [6, 6.07) is 3.49. The van der Waals surface area contributed by atoms with Crippen LogP contribution in [0.5, 0.6) is 0 Å². The molecule has 0 radical (unpaired) electrons. The van der Waals surface area contributed by atoms with Crippen molar-refractivity contribution in [1.82, 2.24) is 9.97 Å². The molecule has 1 N–H and O–H groups in total. The van der Waals surface area contributed by atoms with E-state index in [1.54, 1.807) is 12.3 Å². The van der Waals surface area contributed by atoms with Crippen LogP contribution >= 0.6 is 0 Å². The van der Waals surface area contributed by atoms with Crippen LogP contribution in [0.3, 0.4) is 0 Å². The molecule has 0 spiro atoms. The highest BCUT2D eigenvalue weighted by Gasteiger charge is 2.31. The minimum Gasteiger partial charge on any atom is -0.366 e. The van der Waals surface area contributed by atoms with Crippen LogP contribution < -0.4 is 10.2 Å². The lowest BCUT2D eigenvalue weighted by atomic mass is 9.95. The zero-order chi connectivity index (χ0) is 18.8. The van der Waals surface area contributed by atoms with Gasteiger partial charge >= 0.3 is 0 Å². The zero-order valence-electron chi connectivity index (χ0n) is 13.9. The van der Waals surface area contributed by atoms with Crippen LogP contribution in [0.15, 0.2) is 18.3 Å². The summed E-state index contributed by atoms with van der Waals surface area (Å²) < 4.78 is 54.2. The van der Waals surface area contributed by atoms with E-state index in [4.69, 9.17) is 0 Å². The van der Waals surface area contributed by atoms with Crippen molar-refractivity contribution in [2.24, 2.45) is 5.92 Å². The number of aromatic nitrogens is 2. The first-order valence-electron chi connectivity index (χ1n) is 8.05. The molecule has 1 aliphatic rings. The molecule has 3 heterocycles. The Morgan fingerprint density at radius 1 is 1.12 bits per heavy atom. The minimum atomic E-state index is -1.69. The Bertz CT molecular complexity index is 794. The Labute approximate surface area is 147 Å². The van der Waals surface area contributed by atoms with Crippen LogP contribution in [0, 0.1) is 36.4 Å². The maximum atomic E-state index is 13.8. The van der Waals surface area contributed by atoms with E-state index in [1.807, 2.05) is 13.0 Å². The van der Waals surface area contributed by atoms with E-state index < -0.39 is 35.1 Å². The fourth-order valence-electron chi connectivity index (χ4n) is 2.89. The maximum Gasteiger partial charge on any atom is 0.253 e. The van der Waals surface area contributed by atoms with Crippen molar-refractivity contribution in [3.63, 3.8) is 0 Å². The van der Waals surface area contributed by atoms with Gasteiger partial charge in [-0.1, -0.05) is 6.07 Å². The second-order valence-electron chi connectivity index (χ2n) is 6.14. The predicted molar refractivity (Wildman–Crippen MR) is 86.6 cm³/mol. The molecule has 2 aromatic heterocycles. The van der Waals surface area contributed by atoms with Crippen molar-refractivity contribution in [2.75, 3.05) is 23.3 Å². The molecular formula is C17H16F4N4O. The third-order valence-electron chi connectivity index (χ3n) is 4.32. The highest BCUT2D eigenvalue weighted by atomic mass is 19.2. The number of nitrogens with zero attached hydrogens (tertiary/aromatic N) is 3. The van der Waals surface area contributed by atoms with Crippen LogP contribution in [0.1, 0.15) is 18.4 Å². The maximum absolute atomic E-state index is 13.8. The molecule has 3 rings (SSSR count). The van der Waals surface area contributed by atoms with Gasteiger partial charge in [0, 0.05) is 25.2 Å². The van der Waals surface area contributed by atoms with Crippen molar-refractivity contribution in [3.8, 4) is 0 Å². The number of hydrogen-bond donors (Lipinski definition) is 1. The molecule has 0 unspecified atom stereocenters. The van der Waals surface area contributed by atoms with Gasteiger partial charge in [0.05, 0.1) is 0 Å². The molecule has 0 aliphatic carbocycles. The minimum absolute atomic E-state index is 0.0795. The average Bonchev–Trinajstić information content (AvgIpc) is 2.63. The van der Waals surface area contributed by atoms with Gasteiger partial charge in [-0.25, -0.2) is 4.98 Å². The number of piperidine rings is 1.